The molecule has 8 nitrogen and oxygen atoms in total. The van der Waals surface area contributed by atoms with E-state index in [9.17, 15) is 9.59 Å². The van der Waals surface area contributed by atoms with Crippen molar-refractivity contribution in [2.75, 3.05) is 27.9 Å². The van der Waals surface area contributed by atoms with Crippen LogP contribution in [0.2, 0.25) is 0 Å². The summed E-state index contributed by atoms with van der Waals surface area (Å²) in [6.07, 6.45) is 5.55. The minimum absolute atomic E-state index is 0.00234. The van der Waals surface area contributed by atoms with E-state index >= 15 is 0 Å². The fraction of sp³-hybridized carbons (Fsp3) is 0.471. The molecule has 5 rings (SSSR count). The molecule has 2 atom stereocenters. The summed E-state index contributed by atoms with van der Waals surface area (Å²) in [4.78, 5) is 27.8. The molecule has 2 aliphatic carbocycles. The lowest BCUT2D eigenvalue weighted by molar-refractivity contribution is -0.144. The molecule has 0 aromatic heterocycles. The van der Waals surface area contributed by atoms with Crippen LogP contribution < -0.4 is 24.3 Å². The summed E-state index contributed by atoms with van der Waals surface area (Å²) >= 11 is 0. The molecule has 8 heteroatoms. The molecule has 0 radical (unpaired) electrons. The minimum atomic E-state index is -0.580. The number of benzene rings is 2. The normalized spacial score (nSPS) is 20.6. The Kier molecular flexibility index (Phi) is 9.09. The second-order valence-electron chi connectivity index (χ2n) is 11.2. The molecule has 0 bridgehead atoms. The second kappa shape index (κ2) is 12.9. The van der Waals surface area contributed by atoms with Crippen LogP contribution in [0.1, 0.15) is 81.8 Å². The van der Waals surface area contributed by atoms with Gasteiger partial charge in [-0.25, -0.2) is 4.79 Å². The van der Waals surface area contributed by atoms with Gasteiger partial charge in [0.05, 0.1) is 33.5 Å². The van der Waals surface area contributed by atoms with Crippen LogP contribution in [0.5, 0.6) is 23.0 Å². The Morgan fingerprint density at radius 2 is 1.52 bits per heavy atom. The monoisotopic (exact) mass is 575 g/mol. The van der Waals surface area contributed by atoms with Gasteiger partial charge in [-0.1, -0.05) is 19.1 Å². The molecule has 1 heterocycles. The SMILES string of the molecule is CCCOc1ccc(C2C(C(=O)OC3CCCC3)=C(C)NC3=C2C(=O)CC(c2ccc(OC)c(OC)c2)C3)cc1OC. The van der Waals surface area contributed by atoms with Gasteiger partial charge >= 0.3 is 5.97 Å². The summed E-state index contributed by atoms with van der Waals surface area (Å²) in [6, 6.07) is 11.5. The van der Waals surface area contributed by atoms with Gasteiger partial charge in [0.25, 0.3) is 0 Å². The molecule has 1 aliphatic heterocycles. The zero-order valence-corrected chi connectivity index (χ0v) is 25.2. The molecule has 2 unspecified atom stereocenters. The van der Waals surface area contributed by atoms with E-state index in [1.54, 1.807) is 21.3 Å². The van der Waals surface area contributed by atoms with Crippen molar-refractivity contribution in [1.29, 1.82) is 0 Å². The first-order chi connectivity index (χ1) is 20.4. The van der Waals surface area contributed by atoms with Gasteiger partial charge < -0.3 is 29.0 Å². The molecule has 2 aromatic carbocycles. The highest BCUT2D eigenvalue weighted by Crippen LogP contribution is 2.48. The van der Waals surface area contributed by atoms with Crippen LogP contribution in [0.4, 0.5) is 0 Å². The maximum absolute atomic E-state index is 14.1. The third-order valence-corrected chi connectivity index (χ3v) is 8.49. The van der Waals surface area contributed by atoms with Crippen LogP contribution in [-0.2, 0) is 14.3 Å². The zero-order chi connectivity index (χ0) is 29.8. The van der Waals surface area contributed by atoms with Crippen molar-refractivity contribution in [1.82, 2.24) is 5.32 Å². The van der Waals surface area contributed by atoms with Gasteiger partial charge in [-0.15, -0.1) is 0 Å². The highest BCUT2D eigenvalue weighted by molar-refractivity contribution is 6.04. The second-order valence-corrected chi connectivity index (χ2v) is 11.2. The quantitative estimate of drug-likeness (QED) is 0.328. The number of Topliss-reactive ketones (excluding diaryl/α,β-unsaturated/α-hetero) is 1. The molecule has 0 saturated heterocycles. The highest BCUT2D eigenvalue weighted by Gasteiger charge is 2.42. The number of nitrogens with one attached hydrogen (secondary N) is 1. The van der Waals surface area contributed by atoms with Crippen LogP contribution in [0, 0.1) is 0 Å². The van der Waals surface area contributed by atoms with Crippen LogP contribution in [0.25, 0.3) is 0 Å². The van der Waals surface area contributed by atoms with Gasteiger partial charge in [0.2, 0.25) is 0 Å². The third kappa shape index (κ3) is 5.85. The molecule has 0 amide bonds. The van der Waals surface area contributed by atoms with E-state index in [1.807, 2.05) is 50.2 Å². The molecule has 1 fully saturated rings. The molecule has 224 valence electrons. The lowest BCUT2D eigenvalue weighted by Crippen LogP contribution is -2.36. The topological polar surface area (TPSA) is 92.3 Å². The predicted octanol–water partition coefficient (Wildman–Crippen LogP) is 6.35. The van der Waals surface area contributed by atoms with Crippen molar-refractivity contribution in [3.63, 3.8) is 0 Å². The average molecular weight is 576 g/mol. The first kappa shape index (κ1) is 29.5. The van der Waals surface area contributed by atoms with Crippen LogP contribution in [-0.4, -0.2) is 45.8 Å². The summed E-state index contributed by atoms with van der Waals surface area (Å²) in [7, 11) is 4.81. The Morgan fingerprint density at radius 3 is 2.21 bits per heavy atom. The highest BCUT2D eigenvalue weighted by atomic mass is 16.5. The zero-order valence-electron chi connectivity index (χ0n) is 25.2. The van der Waals surface area contributed by atoms with Crippen molar-refractivity contribution in [2.24, 2.45) is 0 Å². The van der Waals surface area contributed by atoms with E-state index in [0.29, 0.717) is 59.3 Å². The Morgan fingerprint density at radius 1 is 0.881 bits per heavy atom. The maximum atomic E-state index is 14.1. The number of carbonyl (C=O) groups excluding carboxylic acids is 2. The molecule has 1 N–H and O–H groups in total. The van der Waals surface area contributed by atoms with E-state index < -0.39 is 5.92 Å². The Bertz CT molecular complexity index is 1400. The van der Waals surface area contributed by atoms with Crippen LogP contribution >= 0.6 is 0 Å². The van der Waals surface area contributed by atoms with E-state index in [0.717, 1.165) is 48.9 Å². The van der Waals surface area contributed by atoms with Crippen molar-refractivity contribution in [3.8, 4) is 23.0 Å². The summed E-state index contributed by atoms with van der Waals surface area (Å²) in [5.41, 5.74) is 4.41. The van der Waals surface area contributed by atoms with Gasteiger partial charge in [0.1, 0.15) is 6.10 Å². The first-order valence-electron chi connectivity index (χ1n) is 14.9. The van der Waals surface area contributed by atoms with E-state index in [2.05, 4.69) is 5.32 Å². The number of hydrogen-bond donors (Lipinski definition) is 1. The molecule has 3 aliphatic rings. The van der Waals surface area contributed by atoms with Gasteiger partial charge in [-0.05, 0) is 86.8 Å². The standard InChI is InChI=1S/C34H41NO7/c1-6-15-41-28-14-12-22(19-30(28)40-5)32-31(34(37)42-24-9-7-8-10-24)20(2)35-25-16-23(17-26(36)33(25)32)21-11-13-27(38-3)29(18-21)39-4/h11-14,18-19,23-24,32,35H,6-10,15-17H2,1-5H3. The number of methoxy groups -OCH3 is 3. The average Bonchev–Trinajstić information content (AvgIpc) is 3.51. The Labute approximate surface area is 248 Å². The van der Waals surface area contributed by atoms with Crippen molar-refractivity contribution in [2.45, 2.75) is 76.7 Å². The predicted molar refractivity (Wildman–Crippen MR) is 159 cm³/mol. The smallest absolute Gasteiger partial charge is 0.337 e. The van der Waals surface area contributed by atoms with Crippen molar-refractivity contribution < 1.29 is 33.3 Å². The van der Waals surface area contributed by atoms with Gasteiger partial charge in [0, 0.05) is 29.3 Å². The number of hydrogen-bond acceptors (Lipinski definition) is 8. The number of carbonyl (C=O) groups is 2. The fourth-order valence-corrected chi connectivity index (χ4v) is 6.40. The number of ketones is 1. The van der Waals surface area contributed by atoms with Gasteiger partial charge in [-0.3, -0.25) is 4.79 Å². The largest absolute Gasteiger partial charge is 0.493 e. The van der Waals surface area contributed by atoms with E-state index in [-0.39, 0.29) is 23.8 Å². The number of allylic oxidation sites excluding steroid dienone is 3. The van der Waals surface area contributed by atoms with Crippen molar-refractivity contribution in [3.05, 3.63) is 70.1 Å². The Hall–Kier alpha value is -3.94. The lowest BCUT2D eigenvalue weighted by atomic mass is 9.71. The van der Waals surface area contributed by atoms with E-state index in [1.165, 1.54) is 0 Å². The number of rotatable bonds is 10. The molecule has 1 saturated carbocycles. The number of ether oxygens (including phenoxy) is 5. The number of dihydropyridines is 1. The fourth-order valence-electron chi connectivity index (χ4n) is 6.40. The van der Waals surface area contributed by atoms with Crippen LogP contribution in [0.3, 0.4) is 0 Å². The maximum Gasteiger partial charge on any atom is 0.337 e. The van der Waals surface area contributed by atoms with Gasteiger partial charge in [-0.2, -0.15) is 0 Å². The number of esters is 1. The Balaban J connectivity index is 1.55. The minimum Gasteiger partial charge on any atom is -0.493 e. The van der Waals surface area contributed by atoms with E-state index in [4.69, 9.17) is 23.7 Å². The summed E-state index contributed by atoms with van der Waals surface area (Å²) in [6.45, 7) is 4.50. The molecular formula is C34H41NO7. The van der Waals surface area contributed by atoms with Gasteiger partial charge in [0.15, 0.2) is 28.8 Å². The van der Waals surface area contributed by atoms with Crippen molar-refractivity contribution >= 4 is 11.8 Å². The summed E-state index contributed by atoms with van der Waals surface area (Å²) < 4.78 is 28.5. The molecular weight excluding hydrogens is 534 g/mol. The lowest BCUT2D eigenvalue weighted by Gasteiger charge is -2.37. The third-order valence-electron chi connectivity index (χ3n) is 8.49. The molecule has 42 heavy (non-hydrogen) atoms. The first-order valence-corrected chi connectivity index (χ1v) is 14.9. The summed E-state index contributed by atoms with van der Waals surface area (Å²) in [5, 5.41) is 3.45. The molecule has 0 spiro atoms. The van der Waals surface area contributed by atoms with Crippen LogP contribution in [0.15, 0.2) is 58.9 Å². The summed E-state index contributed by atoms with van der Waals surface area (Å²) in [5.74, 6) is 1.46. The molecule has 2 aromatic rings.